The molecule has 1 fully saturated rings. The standard InChI is InChI=1S/C14H24N4O/c1-3-13-12(10-18(2)17-13)9-16-14(19)7-11-5-4-6-15-8-11/h10-11,15H,3-9H2,1-2H3,(H,16,19). The molecule has 106 valence electrons. The number of piperidine rings is 1. The maximum atomic E-state index is 11.9. The minimum absolute atomic E-state index is 0.152. The normalized spacial score (nSPS) is 19.4. The van der Waals surface area contributed by atoms with Crippen LogP contribution in [0.25, 0.3) is 0 Å². The van der Waals surface area contributed by atoms with Crippen molar-refractivity contribution in [2.45, 2.75) is 39.2 Å². The number of rotatable bonds is 5. The van der Waals surface area contributed by atoms with Gasteiger partial charge in [-0.25, -0.2) is 0 Å². The topological polar surface area (TPSA) is 59.0 Å². The zero-order chi connectivity index (χ0) is 13.7. The van der Waals surface area contributed by atoms with Gasteiger partial charge in [-0.1, -0.05) is 6.92 Å². The van der Waals surface area contributed by atoms with Crippen molar-refractivity contribution in [1.82, 2.24) is 20.4 Å². The fourth-order valence-electron chi connectivity index (χ4n) is 2.66. The van der Waals surface area contributed by atoms with Crippen LogP contribution in [0, 0.1) is 5.92 Å². The summed E-state index contributed by atoms with van der Waals surface area (Å²) < 4.78 is 1.81. The van der Waals surface area contributed by atoms with Gasteiger partial charge in [0.05, 0.1) is 5.69 Å². The van der Waals surface area contributed by atoms with Gasteiger partial charge in [0.25, 0.3) is 0 Å². The highest BCUT2D eigenvalue weighted by Crippen LogP contribution is 2.14. The first kappa shape index (κ1) is 14.1. The molecular weight excluding hydrogens is 240 g/mol. The third kappa shape index (κ3) is 4.06. The van der Waals surface area contributed by atoms with Crippen molar-refractivity contribution in [3.05, 3.63) is 17.5 Å². The number of aryl methyl sites for hydroxylation is 2. The predicted octanol–water partition coefficient (Wildman–Crippen LogP) is 0.988. The summed E-state index contributed by atoms with van der Waals surface area (Å²) in [6, 6.07) is 0. The fourth-order valence-corrected chi connectivity index (χ4v) is 2.66. The lowest BCUT2D eigenvalue weighted by molar-refractivity contribution is -0.122. The molecule has 0 radical (unpaired) electrons. The largest absolute Gasteiger partial charge is 0.352 e. The van der Waals surface area contributed by atoms with Crippen molar-refractivity contribution < 1.29 is 4.79 Å². The molecule has 0 spiro atoms. The molecule has 1 aromatic rings. The Kier molecular flexibility index (Phi) is 4.96. The Labute approximate surface area is 114 Å². The first-order valence-corrected chi connectivity index (χ1v) is 7.17. The smallest absolute Gasteiger partial charge is 0.220 e. The molecule has 1 saturated heterocycles. The lowest BCUT2D eigenvalue weighted by Gasteiger charge is -2.22. The Morgan fingerprint density at radius 1 is 1.63 bits per heavy atom. The van der Waals surface area contributed by atoms with Crippen LogP contribution in [0.1, 0.15) is 37.4 Å². The Bertz CT molecular complexity index is 421. The zero-order valence-electron chi connectivity index (χ0n) is 11.9. The van der Waals surface area contributed by atoms with E-state index in [1.165, 1.54) is 6.42 Å². The van der Waals surface area contributed by atoms with Crippen molar-refractivity contribution >= 4 is 5.91 Å². The molecule has 1 aliphatic heterocycles. The molecule has 19 heavy (non-hydrogen) atoms. The average Bonchev–Trinajstić information content (AvgIpc) is 2.78. The molecule has 5 heteroatoms. The van der Waals surface area contributed by atoms with Crippen LogP contribution in [0.2, 0.25) is 0 Å². The van der Waals surface area contributed by atoms with Crippen LogP contribution < -0.4 is 10.6 Å². The van der Waals surface area contributed by atoms with Gasteiger partial charge >= 0.3 is 0 Å². The molecule has 1 aromatic heterocycles. The maximum Gasteiger partial charge on any atom is 0.220 e. The second kappa shape index (κ2) is 6.70. The highest BCUT2D eigenvalue weighted by Gasteiger charge is 2.16. The van der Waals surface area contributed by atoms with Crippen molar-refractivity contribution in [3.8, 4) is 0 Å². The van der Waals surface area contributed by atoms with Gasteiger partial charge in [-0.3, -0.25) is 9.48 Å². The van der Waals surface area contributed by atoms with Gasteiger partial charge in [0.2, 0.25) is 5.91 Å². The summed E-state index contributed by atoms with van der Waals surface area (Å²) >= 11 is 0. The third-order valence-corrected chi connectivity index (χ3v) is 3.68. The Morgan fingerprint density at radius 2 is 2.47 bits per heavy atom. The van der Waals surface area contributed by atoms with E-state index in [4.69, 9.17) is 0 Å². The minimum atomic E-state index is 0.152. The molecule has 0 bridgehead atoms. The molecule has 5 nitrogen and oxygen atoms in total. The first-order valence-electron chi connectivity index (χ1n) is 7.17. The zero-order valence-corrected chi connectivity index (χ0v) is 11.9. The molecule has 2 heterocycles. The van der Waals surface area contributed by atoms with Crippen LogP contribution in [0.15, 0.2) is 6.20 Å². The van der Waals surface area contributed by atoms with Crippen LogP contribution in [0.3, 0.4) is 0 Å². The summed E-state index contributed by atoms with van der Waals surface area (Å²) in [5.41, 5.74) is 2.20. The number of amides is 1. The minimum Gasteiger partial charge on any atom is -0.352 e. The average molecular weight is 264 g/mol. The molecule has 0 aromatic carbocycles. The Balaban J connectivity index is 1.79. The van der Waals surface area contributed by atoms with E-state index < -0.39 is 0 Å². The van der Waals surface area contributed by atoms with E-state index in [0.29, 0.717) is 18.9 Å². The van der Waals surface area contributed by atoms with Crippen molar-refractivity contribution in [2.75, 3.05) is 13.1 Å². The number of nitrogens with zero attached hydrogens (tertiary/aromatic N) is 2. The first-order chi connectivity index (χ1) is 9.19. The van der Waals surface area contributed by atoms with Crippen LogP contribution in [-0.2, 0) is 24.8 Å². The van der Waals surface area contributed by atoms with Crippen LogP contribution in [-0.4, -0.2) is 28.8 Å². The number of carbonyl (C=O) groups is 1. The van der Waals surface area contributed by atoms with Crippen LogP contribution in [0.5, 0.6) is 0 Å². The monoisotopic (exact) mass is 264 g/mol. The van der Waals surface area contributed by atoms with E-state index in [1.807, 2.05) is 17.9 Å². The lowest BCUT2D eigenvalue weighted by Crippen LogP contribution is -2.34. The van der Waals surface area contributed by atoms with E-state index in [9.17, 15) is 4.79 Å². The highest BCUT2D eigenvalue weighted by atomic mass is 16.1. The van der Waals surface area contributed by atoms with Crippen LogP contribution in [0.4, 0.5) is 0 Å². The predicted molar refractivity (Wildman–Crippen MR) is 74.6 cm³/mol. The molecule has 1 aliphatic rings. The fraction of sp³-hybridized carbons (Fsp3) is 0.714. The molecule has 0 saturated carbocycles. The third-order valence-electron chi connectivity index (χ3n) is 3.68. The molecule has 1 amide bonds. The van der Waals surface area contributed by atoms with Crippen molar-refractivity contribution in [2.24, 2.45) is 13.0 Å². The van der Waals surface area contributed by atoms with Crippen LogP contribution >= 0.6 is 0 Å². The second-order valence-corrected chi connectivity index (χ2v) is 5.32. The van der Waals surface area contributed by atoms with E-state index in [-0.39, 0.29) is 5.91 Å². The van der Waals surface area contributed by atoms with Gasteiger partial charge in [0, 0.05) is 31.8 Å². The van der Waals surface area contributed by atoms with E-state index in [1.54, 1.807) is 0 Å². The molecular formula is C14H24N4O. The SMILES string of the molecule is CCc1nn(C)cc1CNC(=O)CC1CCCNC1. The van der Waals surface area contributed by atoms with Gasteiger partial charge < -0.3 is 10.6 Å². The molecule has 1 unspecified atom stereocenters. The molecule has 1 atom stereocenters. The summed E-state index contributed by atoms with van der Waals surface area (Å²) in [6.07, 6.45) is 5.86. The van der Waals surface area contributed by atoms with Gasteiger partial charge in [0.15, 0.2) is 0 Å². The highest BCUT2D eigenvalue weighted by molar-refractivity contribution is 5.76. The Morgan fingerprint density at radius 3 is 3.16 bits per heavy atom. The summed E-state index contributed by atoms with van der Waals surface area (Å²) in [5, 5.41) is 10.7. The number of nitrogens with one attached hydrogen (secondary N) is 2. The lowest BCUT2D eigenvalue weighted by atomic mass is 9.96. The van der Waals surface area contributed by atoms with Gasteiger partial charge in [-0.15, -0.1) is 0 Å². The summed E-state index contributed by atoms with van der Waals surface area (Å²) in [6.45, 7) is 4.74. The number of hydrogen-bond acceptors (Lipinski definition) is 3. The second-order valence-electron chi connectivity index (χ2n) is 5.32. The van der Waals surface area contributed by atoms with Gasteiger partial charge in [-0.05, 0) is 38.3 Å². The summed E-state index contributed by atoms with van der Waals surface area (Å²) in [5.74, 6) is 0.646. The summed E-state index contributed by atoms with van der Waals surface area (Å²) in [4.78, 5) is 11.9. The van der Waals surface area contributed by atoms with Gasteiger partial charge in [0.1, 0.15) is 0 Å². The molecule has 2 N–H and O–H groups in total. The quantitative estimate of drug-likeness (QED) is 0.834. The van der Waals surface area contributed by atoms with E-state index in [2.05, 4.69) is 22.7 Å². The molecule has 0 aliphatic carbocycles. The van der Waals surface area contributed by atoms with E-state index >= 15 is 0 Å². The number of hydrogen-bond donors (Lipinski definition) is 2. The van der Waals surface area contributed by atoms with Crippen molar-refractivity contribution in [1.29, 1.82) is 0 Å². The number of aromatic nitrogens is 2. The maximum absolute atomic E-state index is 11.9. The summed E-state index contributed by atoms with van der Waals surface area (Å²) in [7, 11) is 1.91. The molecule has 2 rings (SSSR count). The Hall–Kier alpha value is -1.36. The van der Waals surface area contributed by atoms with E-state index in [0.717, 1.165) is 37.2 Å². The van der Waals surface area contributed by atoms with Gasteiger partial charge in [-0.2, -0.15) is 5.10 Å². The number of carbonyl (C=O) groups excluding carboxylic acids is 1. The van der Waals surface area contributed by atoms with Crippen molar-refractivity contribution in [3.63, 3.8) is 0 Å².